The van der Waals surface area contributed by atoms with Gasteiger partial charge in [0.25, 0.3) is 0 Å². The summed E-state index contributed by atoms with van der Waals surface area (Å²) in [5.41, 5.74) is 0.600. The highest BCUT2D eigenvalue weighted by Gasteiger charge is 2.36. The molecule has 0 amide bonds. The Labute approximate surface area is 273 Å². The second-order valence-electron chi connectivity index (χ2n) is 14.2. The van der Waals surface area contributed by atoms with Crippen LogP contribution in [0.2, 0.25) is 0 Å². The first-order valence-electron chi connectivity index (χ1n) is 18.7. The van der Waals surface area contributed by atoms with Gasteiger partial charge in [-0.25, -0.2) is 4.79 Å². The van der Waals surface area contributed by atoms with E-state index >= 15 is 0 Å². The molecule has 0 aromatic rings. The summed E-state index contributed by atoms with van der Waals surface area (Å²) in [6, 6.07) is 0. The summed E-state index contributed by atoms with van der Waals surface area (Å²) >= 11 is 0. The molecule has 3 aliphatic rings. The summed E-state index contributed by atoms with van der Waals surface area (Å²) in [6.45, 7) is 4.07. The Morgan fingerprint density at radius 2 is 1.18 bits per heavy atom. The van der Waals surface area contributed by atoms with Crippen LogP contribution in [0.4, 0.5) is 0 Å². The smallest absolute Gasteiger partial charge is 0.334 e. The Bertz CT molecular complexity index is 833. The fourth-order valence-corrected chi connectivity index (χ4v) is 7.29. The van der Waals surface area contributed by atoms with Crippen molar-refractivity contribution in [1.82, 2.24) is 0 Å². The maximum absolute atomic E-state index is 11.7. The van der Waals surface area contributed by atoms with Crippen LogP contribution in [0.5, 0.6) is 0 Å². The summed E-state index contributed by atoms with van der Waals surface area (Å²) in [4.78, 5) is 11.7. The van der Waals surface area contributed by atoms with Crippen molar-refractivity contribution in [2.75, 3.05) is 0 Å². The molecular weight excluding hydrogens is 572 g/mol. The molecule has 2 fully saturated rings. The van der Waals surface area contributed by atoms with E-state index in [1.54, 1.807) is 6.08 Å². The van der Waals surface area contributed by atoms with E-state index in [9.17, 15) is 25.2 Å². The average molecular weight is 639 g/mol. The molecule has 5 unspecified atom stereocenters. The van der Waals surface area contributed by atoms with Crippen LogP contribution in [0.15, 0.2) is 11.6 Å². The summed E-state index contributed by atoms with van der Waals surface area (Å²) in [7, 11) is 0. The van der Waals surface area contributed by atoms with Crippen LogP contribution in [0.3, 0.4) is 0 Å². The number of carbonyl (C=O) groups is 1. The van der Waals surface area contributed by atoms with Gasteiger partial charge in [-0.15, -0.1) is 0 Å². The minimum absolute atomic E-state index is 0.162. The van der Waals surface area contributed by atoms with Crippen LogP contribution in [0.25, 0.3) is 0 Å². The van der Waals surface area contributed by atoms with Crippen LogP contribution >= 0.6 is 0 Å². The zero-order chi connectivity index (χ0) is 32.4. The van der Waals surface area contributed by atoms with Gasteiger partial charge < -0.3 is 34.6 Å². The molecule has 0 aromatic carbocycles. The number of cyclic esters (lactones) is 1. The van der Waals surface area contributed by atoms with E-state index < -0.39 is 24.4 Å². The summed E-state index contributed by atoms with van der Waals surface area (Å²) < 4.78 is 17.3. The quantitative estimate of drug-likeness (QED) is 0.0634. The highest BCUT2D eigenvalue weighted by molar-refractivity contribution is 5.90. The van der Waals surface area contributed by atoms with E-state index in [-0.39, 0.29) is 36.5 Å². The standard InChI is InChI=1S/C37H66O8/c1-3-4-5-6-7-8-12-15-18-31(39)35-23-24-36(45-35)33(41)21-20-32(40)34-22-19-30(44-34)17-14-11-9-10-13-16-29(38)26-28-25-27(2)43-37(28)42/h25,27,29-36,38-41H,3-24,26H2,1-2H3/t27?,29?,30?,31-,32?,33-,34?,35-,36-/m1/s1. The first-order chi connectivity index (χ1) is 21.8. The largest absolute Gasteiger partial charge is 0.455 e. The fraction of sp³-hybridized carbons (Fsp3) is 0.919. The molecule has 3 aliphatic heterocycles. The van der Waals surface area contributed by atoms with Gasteiger partial charge in [-0.05, 0) is 70.8 Å². The topological polar surface area (TPSA) is 126 Å². The predicted octanol–water partition coefficient (Wildman–Crippen LogP) is 6.83. The molecule has 0 spiro atoms. The predicted molar refractivity (Wildman–Crippen MR) is 177 cm³/mol. The lowest BCUT2D eigenvalue weighted by Gasteiger charge is -2.24. The molecule has 9 atom stereocenters. The third kappa shape index (κ3) is 14.7. The van der Waals surface area contributed by atoms with Crippen LogP contribution < -0.4 is 0 Å². The van der Waals surface area contributed by atoms with Crippen molar-refractivity contribution in [1.29, 1.82) is 0 Å². The van der Waals surface area contributed by atoms with Crippen molar-refractivity contribution in [3.05, 3.63) is 11.6 Å². The normalized spacial score (nSPS) is 27.8. The number of hydrogen-bond acceptors (Lipinski definition) is 8. The van der Waals surface area contributed by atoms with Gasteiger partial charge in [0, 0.05) is 12.0 Å². The van der Waals surface area contributed by atoms with Crippen molar-refractivity contribution in [2.45, 2.75) is 216 Å². The van der Waals surface area contributed by atoms with Crippen LogP contribution in [-0.2, 0) is 19.0 Å². The molecule has 0 saturated carbocycles. The summed E-state index contributed by atoms with van der Waals surface area (Å²) in [6.07, 6.45) is 21.6. The van der Waals surface area contributed by atoms with E-state index in [4.69, 9.17) is 14.2 Å². The number of aliphatic hydroxyl groups is 4. The van der Waals surface area contributed by atoms with Crippen molar-refractivity contribution in [3.8, 4) is 0 Å². The highest BCUT2D eigenvalue weighted by atomic mass is 16.5. The van der Waals surface area contributed by atoms with Crippen molar-refractivity contribution >= 4 is 5.97 Å². The van der Waals surface area contributed by atoms with Crippen molar-refractivity contribution in [2.24, 2.45) is 0 Å². The SMILES string of the molecule is CCCCCCCCCC[C@@H](O)[C@H]1CC[C@H]([C@H](O)CCC(O)C2CCC(CCCCCCCC(O)CC3=CC(C)OC3=O)O2)O1. The second kappa shape index (κ2) is 21.8. The molecular formula is C37H66O8. The molecule has 0 aliphatic carbocycles. The van der Waals surface area contributed by atoms with Crippen LogP contribution in [-0.4, -0.2) is 81.3 Å². The second-order valence-corrected chi connectivity index (χ2v) is 14.2. The average Bonchev–Trinajstić information content (AvgIpc) is 3.77. The molecule has 2 saturated heterocycles. The van der Waals surface area contributed by atoms with Gasteiger partial charge in [0.05, 0.1) is 48.8 Å². The van der Waals surface area contributed by atoms with Crippen molar-refractivity contribution in [3.63, 3.8) is 0 Å². The maximum Gasteiger partial charge on any atom is 0.334 e. The maximum atomic E-state index is 11.7. The third-order valence-electron chi connectivity index (χ3n) is 10.1. The fourth-order valence-electron chi connectivity index (χ4n) is 7.29. The summed E-state index contributed by atoms with van der Waals surface area (Å²) in [5.74, 6) is -0.295. The molecule has 4 N–H and O–H groups in total. The van der Waals surface area contributed by atoms with Gasteiger partial charge in [0.1, 0.15) is 6.10 Å². The lowest BCUT2D eigenvalue weighted by atomic mass is 9.98. The molecule has 8 heteroatoms. The number of ether oxygens (including phenoxy) is 3. The Morgan fingerprint density at radius 3 is 1.78 bits per heavy atom. The van der Waals surface area contributed by atoms with Gasteiger partial charge in [-0.2, -0.15) is 0 Å². The highest BCUT2D eigenvalue weighted by Crippen LogP contribution is 2.31. The lowest BCUT2D eigenvalue weighted by molar-refractivity contribution is -0.139. The number of esters is 1. The minimum Gasteiger partial charge on any atom is -0.455 e. The molecule has 8 nitrogen and oxygen atoms in total. The van der Waals surface area contributed by atoms with Crippen LogP contribution in [0.1, 0.15) is 162 Å². The first-order valence-corrected chi connectivity index (χ1v) is 18.7. The number of unbranched alkanes of at least 4 members (excludes halogenated alkanes) is 11. The van der Waals surface area contributed by atoms with E-state index in [0.29, 0.717) is 31.3 Å². The van der Waals surface area contributed by atoms with Crippen molar-refractivity contribution < 1.29 is 39.4 Å². The third-order valence-corrected chi connectivity index (χ3v) is 10.1. The molecule has 3 heterocycles. The Hall–Kier alpha value is -1.03. The van der Waals surface area contributed by atoms with Gasteiger partial charge in [0.15, 0.2) is 0 Å². The molecule has 0 bridgehead atoms. The molecule has 262 valence electrons. The van der Waals surface area contributed by atoms with Gasteiger partial charge in [0.2, 0.25) is 0 Å². The van der Waals surface area contributed by atoms with Gasteiger partial charge in [-0.3, -0.25) is 0 Å². The molecule has 3 rings (SSSR count). The monoisotopic (exact) mass is 638 g/mol. The molecule has 0 aromatic heterocycles. The van der Waals surface area contributed by atoms with Crippen LogP contribution in [0, 0.1) is 0 Å². The van der Waals surface area contributed by atoms with E-state index in [1.165, 1.54) is 38.5 Å². The van der Waals surface area contributed by atoms with E-state index in [1.807, 2.05) is 6.92 Å². The Morgan fingerprint density at radius 1 is 0.667 bits per heavy atom. The Kier molecular flexibility index (Phi) is 18.6. The molecule has 45 heavy (non-hydrogen) atoms. The zero-order valence-electron chi connectivity index (χ0n) is 28.5. The molecule has 0 radical (unpaired) electrons. The lowest BCUT2D eigenvalue weighted by Crippen LogP contribution is -2.33. The first kappa shape index (κ1) is 38.4. The Balaban J connectivity index is 1.16. The van der Waals surface area contributed by atoms with Gasteiger partial charge in [-0.1, -0.05) is 90.4 Å². The summed E-state index contributed by atoms with van der Waals surface area (Å²) in [5, 5.41) is 42.4. The number of carbonyl (C=O) groups excluding carboxylic acids is 1. The number of rotatable bonds is 25. The zero-order valence-corrected chi connectivity index (χ0v) is 28.5. The van der Waals surface area contributed by atoms with E-state index in [2.05, 4.69) is 6.92 Å². The minimum atomic E-state index is -0.627. The number of hydrogen-bond donors (Lipinski definition) is 4. The van der Waals surface area contributed by atoms with Gasteiger partial charge >= 0.3 is 5.97 Å². The number of aliphatic hydroxyl groups excluding tert-OH is 4. The van der Waals surface area contributed by atoms with E-state index in [0.717, 1.165) is 83.5 Å².